The highest BCUT2D eigenvalue weighted by molar-refractivity contribution is 7.99. The van der Waals surface area contributed by atoms with Crippen molar-refractivity contribution >= 4 is 23.4 Å². The number of benzene rings is 3. The molecule has 0 saturated carbocycles. The topological polar surface area (TPSA) is 57.8 Å². The van der Waals surface area contributed by atoms with Crippen LogP contribution in [-0.4, -0.2) is 21.8 Å². The fourth-order valence-corrected chi connectivity index (χ4v) is 4.42. The van der Waals surface area contributed by atoms with Crippen molar-refractivity contribution in [3.63, 3.8) is 0 Å². The molecular formula is C23H19ClN6S. The lowest BCUT2D eigenvalue weighted by molar-refractivity contribution is 0.222. The predicted octanol–water partition coefficient (Wildman–Crippen LogP) is 6.16. The van der Waals surface area contributed by atoms with E-state index >= 15 is 0 Å². The minimum absolute atomic E-state index is 0.126. The molecule has 4 aromatic rings. The fraction of sp³-hybridized carbons (Fsp3) is 0.0870. The Hall–Kier alpha value is -3.13. The van der Waals surface area contributed by atoms with Crippen LogP contribution in [0.2, 0.25) is 5.02 Å². The molecule has 8 heteroatoms. The number of hydrazine groups is 1. The van der Waals surface area contributed by atoms with Gasteiger partial charge in [-0.15, -0.1) is 5.11 Å². The lowest BCUT2D eigenvalue weighted by Crippen LogP contribution is -2.27. The molecule has 0 fully saturated rings. The third-order valence-corrected chi connectivity index (χ3v) is 6.24. The van der Waals surface area contributed by atoms with Crippen molar-refractivity contribution in [2.45, 2.75) is 16.0 Å². The van der Waals surface area contributed by atoms with E-state index in [1.54, 1.807) is 11.8 Å². The molecule has 0 amide bonds. The highest BCUT2D eigenvalue weighted by Crippen LogP contribution is 2.37. The second-order valence-corrected chi connectivity index (χ2v) is 8.65. The normalized spacial score (nSPS) is 15.9. The first-order chi connectivity index (χ1) is 15.2. The van der Waals surface area contributed by atoms with Gasteiger partial charge in [-0.2, -0.15) is 10.1 Å². The van der Waals surface area contributed by atoms with Crippen LogP contribution in [0.1, 0.15) is 11.7 Å². The SMILES string of the molecule is CN1NN=NC1c1ccc(-c2nn(-c3ccccc3)cc2Sc2ccc(Cl)cc2)cc1. The molecule has 5 rings (SSSR count). The van der Waals surface area contributed by atoms with Gasteiger partial charge in [0, 0.05) is 28.7 Å². The molecule has 1 aliphatic rings. The van der Waals surface area contributed by atoms with Crippen molar-refractivity contribution in [1.82, 2.24) is 20.3 Å². The monoisotopic (exact) mass is 446 g/mol. The average molecular weight is 447 g/mol. The Morgan fingerprint density at radius 2 is 1.68 bits per heavy atom. The van der Waals surface area contributed by atoms with Crippen LogP contribution < -0.4 is 5.53 Å². The minimum atomic E-state index is -0.126. The summed E-state index contributed by atoms with van der Waals surface area (Å²) in [5.74, 6) is 0. The van der Waals surface area contributed by atoms with Crippen molar-refractivity contribution < 1.29 is 0 Å². The molecular weight excluding hydrogens is 428 g/mol. The lowest BCUT2D eigenvalue weighted by atomic mass is 10.1. The predicted molar refractivity (Wildman–Crippen MR) is 123 cm³/mol. The van der Waals surface area contributed by atoms with Gasteiger partial charge in [-0.25, -0.2) is 10.2 Å². The minimum Gasteiger partial charge on any atom is -0.239 e. The molecule has 1 N–H and O–H groups in total. The van der Waals surface area contributed by atoms with Crippen molar-refractivity contribution in [3.8, 4) is 16.9 Å². The van der Waals surface area contributed by atoms with Crippen LogP contribution in [0.25, 0.3) is 16.9 Å². The molecule has 1 unspecified atom stereocenters. The fourth-order valence-electron chi connectivity index (χ4n) is 3.36. The van der Waals surface area contributed by atoms with Crippen LogP contribution in [0.4, 0.5) is 0 Å². The largest absolute Gasteiger partial charge is 0.239 e. The van der Waals surface area contributed by atoms with E-state index in [4.69, 9.17) is 16.7 Å². The molecule has 154 valence electrons. The van der Waals surface area contributed by atoms with Crippen LogP contribution in [-0.2, 0) is 0 Å². The summed E-state index contributed by atoms with van der Waals surface area (Å²) in [5, 5.41) is 15.6. The van der Waals surface area contributed by atoms with Crippen molar-refractivity contribution in [2.24, 2.45) is 10.3 Å². The van der Waals surface area contributed by atoms with E-state index in [2.05, 4.69) is 46.3 Å². The third kappa shape index (κ3) is 4.20. The molecule has 1 aliphatic heterocycles. The first kappa shape index (κ1) is 19.8. The second kappa shape index (κ2) is 8.55. The Bertz CT molecular complexity index is 1210. The lowest BCUT2D eigenvalue weighted by Gasteiger charge is -2.15. The summed E-state index contributed by atoms with van der Waals surface area (Å²) < 4.78 is 1.92. The van der Waals surface area contributed by atoms with E-state index in [-0.39, 0.29) is 6.17 Å². The molecule has 1 aromatic heterocycles. The molecule has 0 aliphatic carbocycles. The molecule has 0 bridgehead atoms. The Labute approximate surface area is 189 Å². The molecule has 3 aromatic carbocycles. The summed E-state index contributed by atoms with van der Waals surface area (Å²) >= 11 is 7.73. The van der Waals surface area contributed by atoms with E-state index in [0.717, 1.165) is 37.3 Å². The van der Waals surface area contributed by atoms with E-state index in [0.29, 0.717) is 0 Å². The molecule has 6 nitrogen and oxygen atoms in total. The van der Waals surface area contributed by atoms with Gasteiger partial charge in [-0.05, 0) is 42.0 Å². The zero-order valence-electron chi connectivity index (χ0n) is 16.7. The number of halogens is 1. The van der Waals surface area contributed by atoms with Gasteiger partial charge in [0.05, 0.1) is 10.6 Å². The Morgan fingerprint density at radius 1 is 0.935 bits per heavy atom. The van der Waals surface area contributed by atoms with Crippen molar-refractivity contribution in [2.75, 3.05) is 7.05 Å². The maximum Gasteiger partial charge on any atom is 0.168 e. The van der Waals surface area contributed by atoms with E-state index < -0.39 is 0 Å². The third-order valence-electron chi connectivity index (χ3n) is 4.96. The van der Waals surface area contributed by atoms with Gasteiger partial charge in [0.25, 0.3) is 0 Å². The molecule has 0 radical (unpaired) electrons. The van der Waals surface area contributed by atoms with Crippen LogP contribution in [0.15, 0.2) is 105 Å². The summed E-state index contributed by atoms with van der Waals surface area (Å²) in [6, 6.07) is 26.3. The number of rotatable bonds is 5. The summed E-state index contributed by atoms with van der Waals surface area (Å²) in [7, 11) is 1.92. The number of hydrogen-bond donors (Lipinski definition) is 1. The number of nitrogens with zero attached hydrogens (tertiary/aromatic N) is 5. The van der Waals surface area contributed by atoms with Gasteiger partial charge in [-0.1, -0.05) is 71.1 Å². The molecule has 0 saturated heterocycles. The maximum absolute atomic E-state index is 6.06. The summed E-state index contributed by atoms with van der Waals surface area (Å²) in [6.07, 6.45) is 1.94. The first-order valence-electron chi connectivity index (χ1n) is 9.74. The number of aromatic nitrogens is 2. The summed E-state index contributed by atoms with van der Waals surface area (Å²) in [4.78, 5) is 2.17. The van der Waals surface area contributed by atoms with Gasteiger partial charge in [0.1, 0.15) is 5.69 Å². The van der Waals surface area contributed by atoms with Crippen LogP contribution >= 0.6 is 23.4 Å². The zero-order valence-corrected chi connectivity index (χ0v) is 18.3. The highest BCUT2D eigenvalue weighted by Gasteiger charge is 2.21. The van der Waals surface area contributed by atoms with Gasteiger partial charge in [-0.3, -0.25) is 0 Å². The van der Waals surface area contributed by atoms with Gasteiger partial charge < -0.3 is 0 Å². The summed E-state index contributed by atoms with van der Waals surface area (Å²) in [5.41, 5.74) is 6.89. The Morgan fingerprint density at radius 3 is 2.35 bits per heavy atom. The number of nitrogens with one attached hydrogen (secondary N) is 1. The standard InChI is InChI=1S/C23H19ClN6S/c1-29-23(25-27-28-29)17-9-7-16(8-10-17)22-21(31-20-13-11-18(24)12-14-20)15-30(26-22)19-5-3-2-4-6-19/h2-15,23H,1H3,(H,25,28). The van der Waals surface area contributed by atoms with Crippen LogP contribution in [0.3, 0.4) is 0 Å². The average Bonchev–Trinajstić information content (AvgIpc) is 3.42. The Balaban J connectivity index is 1.52. The number of para-hydroxylation sites is 1. The first-order valence-corrected chi connectivity index (χ1v) is 10.9. The van der Waals surface area contributed by atoms with E-state index in [1.165, 1.54) is 0 Å². The molecule has 0 spiro atoms. The van der Waals surface area contributed by atoms with Crippen molar-refractivity contribution in [3.05, 3.63) is 95.6 Å². The quantitative estimate of drug-likeness (QED) is 0.399. The van der Waals surface area contributed by atoms with Gasteiger partial charge in [0.15, 0.2) is 6.17 Å². The van der Waals surface area contributed by atoms with Gasteiger partial charge in [0.2, 0.25) is 0 Å². The zero-order chi connectivity index (χ0) is 21.2. The van der Waals surface area contributed by atoms with Crippen LogP contribution in [0, 0.1) is 0 Å². The van der Waals surface area contributed by atoms with E-state index in [9.17, 15) is 0 Å². The molecule has 1 atom stereocenters. The van der Waals surface area contributed by atoms with Crippen LogP contribution in [0.5, 0.6) is 0 Å². The summed E-state index contributed by atoms with van der Waals surface area (Å²) in [6.45, 7) is 0. The number of hydrogen-bond acceptors (Lipinski definition) is 6. The highest BCUT2D eigenvalue weighted by atomic mass is 35.5. The molecule has 31 heavy (non-hydrogen) atoms. The van der Waals surface area contributed by atoms with Gasteiger partial charge >= 0.3 is 0 Å². The van der Waals surface area contributed by atoms with Crippen molar-refractivity contribution in [1.29, 1.82) is 0 Å². The van der Waals surface area contributed by atoms with E-state index in [1.807, 2.05) is 71.3 Å². The smallest absolute Gasteiger partial charge is 0.168 e. The second-order valence-electron chi connectivity index (χ2n) is 7.10. The molecule has 2 heterocycles. The maximum atomic E-state index is 6.06. The Kier molecular flexibility index (Phi) is 5.46.